The third-order valence-corrected chi connectivity index (χ3v) is 2.97. The van der Waals surface area contributed by atoms with Gasteiger partial charge in [-0.2, -0.15) is 0 Å². The van der Waals surface area contributed by atoms with Crippen molar-refractivity contribution in [3.05, 3.63) is 11.9 Å². The number of nitrogen functional groups attached to an aromatic ring is 1. The van der Waals surface area contributed by atoms with E-state index in [9.17, 15) is 4.79 Å². The minimum atomic E-state index is -0.515. The molecule has 0 spiro atoms. The molecule has 1 unspecified atom stereocenters. The van der Waals surface area contributed by atoms with Crippen LogP contribution in [0.4, 0.5) is 11.6 Å². The second-order valence-corrected chi connectivity index (χ2v) is 4.21. The minimum Gasteiger partial charge on any atom is -0.377 e. The molecule has 1 aromatic heterocycles. The molecular weight excluding hydrogens is 248 g/mol. The van der Waals surface area contributed by atoms with E-state index in [1.807, 2.05) is 11.8 Å². The smallest absolute Gasteiger partial charge is 0.242 e. The average Bonchev–Trinajstić information content (AvgIpc) is 2.46. The Morgan fingerprint density at radius 1 is 1.63 bits per heavy atom. The molecule has 0 aromatic carbocycles. The molecule has 8 heteroatoms. The van der Waals surface area contributed by atoms with Crippen LogP contribution in [0.15, 0.2) is 6.07 Å². The van der Waals surface area contributed by atoms with E-state index in [0.29, 0.717) is 37.0 Å². The lowest BCUT2D eigenvalue weighted by atomic mass is 10.2. The highest BCUT2D eigenvalue weighted by Crippen LogP contribution is 2.20. The second-order valence-electron chi connectivity index (χ2n) is 4.21. The SMILES string of the molecule is CCc1nc(NN)cc(N2CCOCC2C(N)=O)n1. The topological polar surface area (TPSA) is 119 Å². The van der Waals surface area contributed by atoms with Gasteiger partial charge in [0.05, 0.1) is 13.2 Å². The number of amides is 1. The van der Waals surface area contributed by atoms with E-state index in [2.05, 4.69) is 15.4 Å². The van der Waals surface area contributed by atoms with E-state index in [1.54, 1.807) is 6.07 Å². The maximum absolute atomic E-state index is 11.5. The van der Waals surface area contributed by atoms with Crippen LogP contribution in [0.5, 0.6) is 0 Å². The number of anilines is 2. The fourth-order valence-electron chi connectivity index (χ4n) is 1.98. The lowest BCUT2D eigenvalue weighted by Crippen LogP contribution is -2.53. The molecule has 0 aliphatic carbocycles. The zero-order chi connectivity index (χ0) is 13.8. The van der Waals surface area contributed by atoms with E-state index >= 15 is 0 Å². The highest BCUT2D eigenvalue weighted by Gasteiger charge is 2.29. The summed E-state index contributed by atoms with van der Waals surface area (Å²) in [4.78, 5) is 21.9. The number of nitrogens with two attached hydrogens (primary N) is 2. The van der Waals surface area contributed by atoms with Gasteiger partial charge in [0.25, 0.3) is 0 Å². The number of aryl methyl sites for hydroxylation is 1. The summed E-state index contributed by atoms with van der Waals surface area (Å²) >= 11 is 0. The van der Waals surface area contributed by atoms with Crippen molar-refractivity contribution in [3.8, 4) is 0 Å². The molecule has 104 valence electrons. The predicted octanol–water partition coefficient (Wildman–Crippen LogP) is -0.985. The van der Waals surface area contributed by atoms with Gasteiger partial charge in [-0.05, 0) is 0 Å². The third kappa shape index (κ3) is 2.91. The summed E-state index contributed by atoms with van der Waals surface area (Å²) in [6.45, 7) is 3.30. The quantitative estimate of drug-likeness (QED) is 0.473. The Hall–Kier alpha value is -1.93. The number of hydrogen-bond donors (Lipinski definition) is 3. The van der Waals surface area contributed by atoms with Gasteiger partial charge in [-0.3, -0.25) is 4.79 Å². The van der Waals surface area contributed by atoms with Crippen LogP contribution in [0.25, 0.3) is 0 Å². The van der Waals surface area contributed by atoms with Gasteiger partial charge in [0.15, 0.2) is 0 Å². The van der Waals surface area contributed by atoms with Gasteiger partial charge in [-0.15, -0.1) is 0 Å². The molecule has 1 aliphatic rings. The summed E-state index contributed by atoms with van der Waals surface area (Å²) in [7, 11) is 0. The van der Waals surface area contributed by atoms with Crippen molar-refractivity contribution in [2.75, 3.05) is 30.1 Å². The average molecular weight is 266 g/mol. The number of nitrogens with one attached hydrogen (secondary N) is 1. The summed E-state index contributed by atoms with van der Waals surface area (Å²) in [5.74, 6) is 6.75. The standard InChI is InChI=1S/C11H18N6O2/c1-2-8-14-9(16-13)5-10(15-8)17-3-4-19-6-7(17)11(12)18/h5,7H,2-4,6,13H2,1H3,(H2,12,18)(H,14,15,16). The molecule has 2 heterocycles. The lowest BCUT2D eigenvalue weighted by Gasteiger charge is -2.34. The van der Waals surface area contributed by atoms with Gasteiger partial charge >= 0.3 is 0 Å². The van der Waals surface area contributed by atoms with E-state index in [1.165, 1.54) is 0 Å². The molecule has 0 saturated carbocycles. The maximum Gasteiger partial charge on any atom is 0.242 e. The highest BCUT2D eigenvalue weighted by atomic mass is 16.5. The van der Waals surface area contributed by atoms with Crippen LogP contribution in [0.1, 0.15) is 12.7 Å². The van der Waals surface area contributed by atoms with Crippen molar-refractivity contribution in [2.45, 2.75) is 19.4 Å². The number of primary amides is 1. The van der Waals surface area contributed by atoms with Crippen LogP contribution < -0.4 is 21.9 Å². The molecule has 1 aliphatic heterocycles. The van der Waals surface area contributed by atoms with Crippen molar-refractivity contribution in [3.63, 3.8) is 0 Å². The second kappa shape index (κ2) is 5.81. The fraction of sp³-hybridized carbons (Fsp3) is 0.545. The van der Waals surface area contributed by atoms with Crippen molar-refractivity contribution in [1.82, 2.24) is 9.97 Å². The largest absolute Gasteiger partial charge is 0.377 e. The number of hydrazine groups is 1. The first kappa shape index (κ1) is 13.5. The predicted molar refractivity (Wildman–Crippen MR) is 70.4 cm³/mol. The summed E-state index contributed by atoms with van der Waals surface area (Å²) < 4.78 is 5.28. The summed E-state index contributed by atoms with van der Waals surface area (Å²) in [5.41, 5.74) is 7.89. The van der Waals surface area contributed by atoms with Gasteiger partial charge < -0.3 is 20.8 Å². The number of morpholine rings is 1. The Labute approximate surface area is 111 Å². The minimum absolute atomic E-state index is 0.270. The van der Waals surface area contributed by atoms with Crippen molar-refractivity contribution >= 4 is 17.5 Å². The first-order valence-corrected chi connectivity index (χ1v) is 6.14. The molecule has 1 atom stereocenters. The molecular formula is C11H18N6O2. The van der Waals surface area contributed by atoms with Gasteiger partial charge in [0.2, 0.25) is 5.91 Å². The number of ether oxygens (including phenoxy) is 1. The Morgan fingerprint density at radius 3 is 3.05 bits per heavy atom. The number of aromatic nitrogens is 2. The van der Waals surface area contributed by atoms with Crippen LogP contribution in [0, 0.1) is 0 Å². The summed E-state index contributed by atoms with van der Waals surface area (Å²) in [6, 6.07) is 1.18. The van der Waals surface area contributed by atoms with E-state index < -0.39 is 11.9 Å². The summed E-state index contributed by atoms with van der Waals surface area (Å²) in [6.07, 6.45) is 0.675. The first-order valence-electron chi connectivity index (χ1n) is 6.14. The van der Waals surface area contributed by atoms with Gasteiger partial charge in [0.1, 0.15) is 23.5 Å². The molecule has 5 N–H and O–H groups in total. The molecule has 8 nitrogen and oxygen atoms in total. The zero-order valence-corrected chi connectivity index (χ0v) is 10.8. The van der Waals surface area contributed by atoms with Gasteiger partial charge in [-0.25, -0.2) is 15.8 Å². The van der Waals surface area contributed by atoms with E-state index in [-0.39, 0.29) is 6.61 Å². The number of carbonyl (C=O) groups excluding carboxylic acids is 1. The number of carbonyl (C=O) groups is 1. The lowest BCUT2D eigenvalue weighted by molar-refractivity contribution is -0.121. The molecule has 2 rings (SSSR count). The fourth-order valence-corrected chi connectivity index (χ4v) is 1.98. The Morgan fingerprint density at radius 2 is 2.42 bits per heavy atom. The molecule has 1 fully saturated rings. The number of rotatable bonds is 4. The van der Waals surface area contributed by atoms with E-state index in [0.717, 1.165) is 0 Å². The van der Waals surface area contributed by atoms with Crippen molar-refractivity contribution in [2.24, 2.45) is 11.6 Å². The van der Waals surface area contributed by atoms with Crippen molar-refractivity contribution < 1.29 is 9.53 Å². The third-order valence-electron chi connectivity index (χ3n) is 2.97. The van der Waals surface area contributed by atoms with Crippen LogP contribution in [-0.4, -0.2) is 41.7 Å². The number of nitrogens with zero attached hydrogens (tertiary/aromatic N) is 3. The normalized spacial score (nSPS) is 19.3. The first-order chi connectivity index (χ1) is 9.15. The van der Waals surface area contributed by atoms with Crippen LogP contribution in [0.3, 0.4) is 0 Å². The van der Waals surface area contributed by atoms with E-state index in [4.69, 9.17) is 16.3 Å². The molecule has 1 amide bonds. The Bertz CT molecular complexity index is 444. The van der Waals surface area contributed by atoms with Crippen LogP contribution >= 0.6 is 0 Å². The molecule has 0 bridgehead atoms. The number of hydrogen-bond acceptors (Lipinski definition) is 7. The van der Waals surface area contributed by atoms with Crippen LogP contribution in [-0.2, 0) is 16.0 Å². The molecule has 1 saturated heterocycles. The maximum atomic E-state index is 11.5. The highest BCUT2D eigenvalue weighted by molar-refractivity contribution is 5.83. The Balaban J connectivity index is 2.35. The van der Waals surface area contributed by atoms with Crippen molar-refractivity contribution in [1.29, 1.82) is 0 Å². The molecule has 0 radical (unpaired) electrons. The zero-order valence-electron chi connectivity index (χ0n) is 10.8. The monoisotopic (exact) mass is 266 g/mol. The molecule has 1 aromatic rings. The summed E-state index contributed by atoms with van der Waals surface area (Å²) in [5, 5.41) is 0. The Kier molecular flexibility index (Phi) is 4.13. The van der Waals surface area contributed by atoms with Gasteiger partial charge in [0, 0.05) is 19.0 Å². The van der Waals surface area contributed by atoms with Gasteiger partial charge in [-0.1, -0.05) is 6.92 Å². The molecule has 19 heavy (non-hydrogen) atoms. The van der Waals surface area contributed by atoms with Crippen LogP contribution in [0.2, 0.25) is 0 Å².